The first-order chi connectivity index (χ1) is 8.34. The third-order valence-electron chi connectivity index (χ3n) is 3.54. The molecule has 3 rings (SSSR count). The van der Waals surface area contributed by atoms with E-state index in [-0.39, 0.29) is 0 Å². The Morgan fingerprint density at radius 3 is 3.12 bits per heavy atom. The van der Waals surface area contributed by atoms with Gasteiger partial charge in [-0.2, -0.15) is 0 Å². The first-order valence-corrected chi connectivity index (χ1v) is 6.28. The lowest BCUT2D eigenvalue weighted by atomic mass is 9.98. The van der Waals surface area contributed by atoms with Gasteiger partial charge >= 0.3 is 0 Å². The number of nitrogens with two attached hydrogens (primary N) is 1. The minimum Gasteiger partial charge on any atom is -0.383 e. The van der Waals surface area contributed by atoms with E-state index in [9.17, 15) is 0 Å². The highest BCUT2D eigenvalue weighted by Gasteiger charge is 2.22. The Morgan fingerprint density at radius 2 is 2.29 bits per heavy atom. The number of hydrogen-bond donors (Lipinski definition) is 2. The standard InChI is InChI=1S/C12H18N4O/c13-11-9-3-5-17-7-10(9)15-12(16-11)8-2-1-4-14-6-8/h8,14H,1-7H2,(H2,13,15,16). The van der Waals surface area contributed by atoms with Gasteiger partial charge in [0.05, 0.1) is 18.9 Å². The van der Waals surface area contributed by atoms with Crippen LogP contribution in [0.25, 0.3) is 0 Å². The zero-order valence-electron chi connectivity index (χ0n) is 9.91. The number of piperidine rings is 1. The van der Waals surface area contributed by atoms with Crippen LogP contribution in [0.1, 0.15) is 35.8 Å². The predicted molar refractivity (Wildman–Crippen MR) is 64.6 cm³/mol. The van der Waals surface area contributed by atoms with E-state index >= 15 is 0 Å². The molecule has 5 nitrogen and oxygen atoms in total. The number of aromatic nitrogens is 2. The lowest BCUT2D eigenvalue weighted by Gasteiger charge is -2.24. The van der Waals surface area contributed by atoms with Gasteiger partial charge in [-0.25, -0.2) is 9.97 Å². The summed E-state index contributed by atoms with van der Waals surface area (Å²) < 4.78 is 5.43. The van der Waals surface area contributed by atoms with Crippen LogP contribution in [0.5, 0.6) is 0 Å². The zero-order valence-corrected chi connectivity index (χ0v) is 9.91. The molecule has 0 aromatic carbocycles. The van der Waals surface area contributed by atoms with Gasteiger partial charge in [0.2, 0.25) is 0 Å². The van der Waals surface area contributed by atoms with Gasteiger partial charge in [0.25, 0.3) is 0 Å². The van der Waals surface area contributed by atoms with Crippen molar-refractivity contribution in [2.75, 3.05) is 25.4 Å². The number of hydrogen-bond acceptors (Lipinski definition) is 5. The molecule has 92 valence electrons. The van der Waals surface area contributed by atoms with E-state index in [1.165, 1.54) is 6.42 Å². The molecule has 2 aliphatic heterocycles. The lowest BCUT2D eigenvalue weighted by Crippen LogP contribution is -2.30. The second-order valence-corrected chi connectivity index (χ2v) is 4.74. The molecule has 1 fully saturated rings. The molecule has 3 N–H and O–H groups in total. The molecule has 1 unspecified atom stereocenters. The fourth-order valence-electron chi connectivity index (χ4n) is 2.56. The van der Waals surface area contributed by atoms with Crippen molar-refractivity contribution in [3.8, 4) is 0 Å². The largest absolute Gasteiger partial charge is 0.383 e. The van der Waals surface area contributed by atoms with Gasteiger partial charge in [-0.05, 0) is 19.4 Å². The highest BCUT2D eigenvalue weighted by Crippen LogP contribution is 2.25. The maximum absolute atomic E-state index is 6.02. The number of nitrogen functional groups attached to an aromatic ring is 1. The number of rotatable bonds is 1. The monoisotopic (exact) mass is 234 g/mol. The van der Waals surface area contributed by atoms with Crippen molar-refractivity contribution in [3.05, 3.63) is 17.1 Å². The predicted octanol–water partition coefficient (Wildman–Crippen LogP) is 0.598. The molecule has 0 spiro atoms. The Morgan fingerprint density at radius 1 is 1.35 bits per heavy atom. The van der Waals surface area contributed by atoms with Crippen molar-refractivity contribution in [1.82, 2.24) is 15.3 Å². The number of anilines is 1. The lowest BCUT2D eigenvalue weighted by molar-refractivity contribution is 0.107. The highest BCUT2D eigenvalue weighted by atomic mass is 16.5. The van der Waals surface area contributed by atoms with Gasteiger partial charge in [0.1, 0.15) is 11.6 Å². The first kappa shape index (κ1) is 10.9. The van der Waals surface area contributed by atoms with E-state index in [4.69, 9.17) is 10.5 Å². The van der Waals surface area contributed by atoms with Crippen LogP contribution in [0.4, 0.5) is 5.82 Å². The van der Waals surface area contributed by atoms with Crippen LogP contribution in [-0.4, -0.2) is 29.7 Å². The van der Waals surface area contributed by atoms with Gasteiger partial charge in [-0.15, -0.1) is 0 Å². The van der Waals surface area contributed by atoms with E-state index in [2.05, 4.69) is 15.3 Å². The summed E-state index contributed by atoms with van der Waals surface area (Å²) in [6, 6.07) is 0. The van der Waals surface area contributed by atoms with E-state index < -0.39 is 0 Å². The summed E-state index contributed by atoms with van der Waals surface area (Å²) in [5.74, 6) is 1.94. The van der Waals surface area contributed by atoms with Crippen LogP contribution in [0, 0.1) is 0 Å². The SMILES string of the molecule is Nc1nc(C2CCCNC2)nc2c1CCOC2. The number of ether oxygens (including phenoxy) is 1. The van der Waals surface area contributed by atoms with Gasteiger partial charge in [-0.3, -0.25) is 0 Å². The normalized spacial score (nSPS) is 24.4. The van der Waals surface area contributed by atoms with Gasteiger partial charge in [0.15, 0.2) is 0 Å². The average Bonchev–Trinajstić information content (AvgIpc) is 2.40. The Labute approximate surface area is 101 Å². The van der Waals surface area contributed by atoms with Gasteiger partial charge in [-0.1, -0.05) is 0 Å². The molecule has 0 radical (unpaired) electrons. The molecule has 0 saturated carbocycles. The highest BCUT2D eigenvalue weighted by molar-refractivity contribution is 5.43. The smallest absolute Gasteiger partial charge is 0.135 e. The van der Waals surface area contributed by atoms with Crippen molar-refractivity contribution < 1.29 is 4.74 Å². The molecule has 0 aliphatic carbocycles. The topological polar surface area (TPSA) is 73.1 Å². The van der Waals surface area contributed by atoms with Crippen LogP contribution in [0.3, 0.4) is 0 Å². The first-order valence-electron chi connectivity index (χ1n) is 6.28. The number of nitrogens with one attached hydrogen (secondary N) is 1. The maximum atomic E-state index is 6.02. The fourth-order valence-corrected chi connectivity index (χ4v) is 2.56. The molecule has 1 saturated heterocycles. The molecule has 17 heavy (non-hydrogen) atoms. The molecule has 3 heterocycles. The summed E-state index contributed by atoms with van der Waals surface area (Å²) in [5, 5.41) is 3.38. The van der Waals surface area contributed by atoms with Crippen LogP contribution in [-0.2, 0) is 17.8 Å². The van der Waals surface area contributed by atoms with Gasteiger partial charge in [0, 0.05) is 24.4 Å². The summed E-state index contributed by atoms with van der Waals surface area (Å²) >= 11 is 0. The minimum atomic E-state index is 0.401. The Bertz CT molecular complexity index is 415. The molecule has 1 atom stereocenters. The van der Waals surface area contributed by atoms with Crippen LogP contribution in [0.2, 0.25) is 0 Å². The van der Waals surface area contributed by atoms with Crippen molar-refractivity contribution >= 4 is 5.82 Å². The van der Waals surface area contributed by atoms with E-state index in [1.54, 1.807) is 0 Å². The summed E-state index contributed by atoms with van der Waals surface area (Å²) in [6.07, 6.45) is 3.16. The number of fused-ring (bicyclic) bond motifs is 1. The Kier molecular flexibility index (Phi) is 2.94. The molecule has 0 amide bonds. The van der Waals surface area contributed by atoms with E-state index in [1.807, 2.05) is 0 Å². The van der Waals surface area contributed by atoms with Crippen LogP contribution in [0.15, 0.2) is 0 Å². The number of nitrogens with zero attached hydrogens (tertiary/aromatic N) is 2. The van der Waals surface area contributed by atoms with E-state index in [0.717, 1.165) is 49.6 Å². The third-order valence-corrected chi connectivity index (χ3v) is 3.54. The fraction of sp³-hybridized carbons (Fsp3) is 0.667. The zero-order chi connectivity index (χ0) is 11.7. The molecular weight excluding hydrogens is 216 g/mol. The minimum absolute atomic E-state index is 0.401. The molecular formula is C12H18N4O. The maximum Gasteiger partial charge on any atom is 0.135 e. The van der Waals surface area contributed by atoms with Crippen molar-refractivity contribution in [2.45, 2.75) is 31.8 Å². The second-order valence-electron chi connectivity index (χ2n) is 4.74. The van der Waals surface area contributed by atoms with Crippen LogP contribution < -0.4 is 11.1 Å². The Balaban J connectivity index is 1.92. The molecule has 5 heteroatoms. The molecule has 2 aliphatic rings. The van der Waals surface area contributed by atoms with E-state index in [0.29, 0.717) is 18.3 Å². The van der Waals surface area contributed by atoms with Crippen molar-refractivity contribution in [1.29, 1.82) is 0 Å². The molecule has 1 aromatic heterocycles. The Hall–Kier alpha value is -1.20. The summed E-state index contributed by atoms with van der Waals surface area (Å²) in [4.78, 5) is 9.12. The molecule has 1 aromatic rings. The average molecular weight is 234 g/mol. The van der Waals surface area contributed by atoms with Crippen molar-refractivity contribution in [3.63, 3.8) is 0 Å². The van der Waals surface area contributed by atoms with Gasteiger partial charge < -0.3 is 15.8 Å². The van der Waals surface area contributed by atoms with Crippen LogP contribution >= 0.6 is 0 Å². The quantitative estimate of drug-likeness (QED) is 0.744. The third kappa shape index (κ3) is 2.12. The summed E-state index contributed by atoms with van der Waals surface area (Å²) in [5.41, 5.74) is 8.10. The second kappa shape index (κ2) is 4.58. The van der Waals surface area contributed by atoms with Crippen molar-refractivity contribution in [2.24, 2.45) is 0 Å². The molecule has 0 bridgehead atoms. The summed E-state index contributed by atoms with van der Waals surface area (Å²) in [7, 11) is 0. The summed E-state index contributed by atoms with van der Waals surface area (Å²) in [6.45, 7) is 3.36.